The first-order valence-corrected chi connectivity index (χ1v) is 6.16. The molecule has 1 N–H and O–H groups in total. The summed E-state index contributed by atoms with van der Waals surface area (Å²) in [7, 11) is 0. The van der Waals surface area contributed by atoms with Crippen molar-refractivity contribution in [3.05, 3.63) is 30.1 Å². The highest BCUT2D eigenvalue weighted by Crippen LogP contribution is 2.19. The predicted octanol–water partition coefficient (Wildman–Crippen LogP) is 1.78. The van der Waals surface area contributed by atoms with Gasteiger partial charge in [0.05, 0.1) is 11.3 Å². The molecule has 5 nitrogen and oxygen atoms in total. The molecule has 2 rings (SSSR count). The molecular formula is C13H17N3O2. The van der Waals surface area contributed by atoms with Gasteiger partial charge in [-0.15, -0.1) is 0 Å². The third kappa shape index (κ3) is 2.50. The van der Waals surface area contributed by atoms with Crippen molar-refractivity contribution in [3.8, 4) is 0 Å². The molecule has 1 unspecified atom stereocenters. The van der Waals surface area contributed by atoms with Gasteiger partial charge in [0, 0.05) is 37.8 Å². The van der Waals surface area contributed by atoms with Crippen LogP contribution >= 0.6 is 0 Å². The van der Waals surface area contributed by atoms with Gasteiger partial charge in [-0.1, -0.05) is 12.1 Å². The van der Waals surface area contributed by atoms with Crippen molar-refractivity contribution in [2.45, 2.75) is 19.8 Å². The summed E-state index contributed by atoms with van der Waals surface area (Å²) in [6.45, 7) is 3.25. The quantitative estimate of drug-likeness (QED) is 0.640. The first kappa shape index (κ1) is 12.5. The van der Waals surface area contributed by atoms with Crippen molar-refractivity contribution in [1.82, 2.24) is 9.88 Å². The van der Waals surface area contributed by atoms with Gasteiger partial charge in [0.25, 0.3) is 5.91 Å². The van der Waals surface area contributed by atoms with Gasteiger partial charge in [0.2, 0.25) is 0 Å². The van der Waals surface area contributed by atoms with E-state index in [9.17, 15) is 4.79 Å². The van der Waals surface area contributed by atoms with E-state index in [1.165, 1.54) is 0 Å². The number of carbonyl (C=O) groups excluding carboxylic acids is 1. The van der Waals surface area contributed by atoms with Crippen LogP contribution in [-0.4, -0.2) is 39.8 Å². The van der Waals surface area contributed by atoms with Crippen LogP contribution in [0.3, 0.4) is 0 Å². The van der Waals surface area contributed by atoms with Crippen LogP contribution in [0, 0.1) is 5.92 Å². The topological polar surface area (TPSA) is 65.8 Å². The lowest BCUT2D eigenvalue weighted by Crippen LogP contribution is -2.44. The molecule has 0 bridgehead atoms. The van der Waals surface area contributed by atoms with Gasteiger partial charge in [0.1, 0.15) is 0 Å². The van der Waals surface area contributed by atoms with Crippen LogP contribution in [0.5, 0.6) is 0 Å². The largest absolute Gasteiger partial charge is 0.411 e. The van der Waals surface area contributed by atoms with Gasteiger partial charge in [-0.3, -0.25) is 9.78 Å². The summed E-state index contributed by atoms with van der Waals surface area (Å²) < 4.78 is 0. The maximum atomic E-state index is 12.2. The van der Waals surface area contributed by atoms with E-state index in [1.807, 2.05) is 6.92 Å². The Morgan fingerprint density at radius 1 is 1.67 bits per heavy atom. The fourth-order valence-electron chi connectivity index (χ4n) is 2.27. The average molecular weight is 247 g/mol. The molecule has 96 valence electrons. The number of likely N-dealkylation sites (tertiary alicyclic amines) is 1. The molecule has 0 aliphatic carbocycles. The molecule has 1 amide bonds. The number of pyridine rings is 1. The van der Waals surface area contributed by atoms with E-state index in [0.29, 0.717) is 25.1 Å². The SMILES string of the molecule is CCC1CN(C(=O)c2cccnc2)CC/C1=N\O. The third-order valence-electron chi connectivity index (χ3n) is 3.37. The summed E-state index contributed by atoms with van der Waals surface area (Å²) in [6, 6.07) is 3.53. The van der Waals surface area contributed by atoms with Crippen LogP contribution < -0.4 is 0 Å². The second-order valence-corrected chi connectivity index (χ2v) is 4.44. The number of oxime groups is 1. The molecule has 1 aromatic rings. The number of nitrogens with zero attached hydrogens (tertiary/aromatic N) is 3. The highest BCUT2D eigenvalue weighted by atomic mass is 16.4. The second-order valence-electron chi connectivity index (χ2n) is 4.44. The lowest BCUT2D eigenvalue weighted by atomic mass is 9.93. The van der Waals surface area contributed by atoms with E-state index in [0.717, 1.165) is 12.1 Å². The van der Waals surface area contributed by atoms with Crippen molar-refractivity contribution in [2.24, 2.45) is 11.1 Å². The van der Waals surface area contributed by atoms with Crippen LogP contribution in [0.4, 0.5) is 0 Å². The van der Waals surface area contributed by atoms with Gasteiger partial charge in [-0.25, -0.2) is 0 Å². The van der Waals surface area contributed by atoms with E-state index in [4.69, 9.17) is 5.21 Å². The minimum Gasteiger partial charge on any atom is -0.411 e. The molecule has 18 heavy (non-hydrogen) atoms. The normalized spacial score (nSPS) is 22.2. The van der Waals surface area contributed by atoms with Gasteiger partial charge >= 0.3 is 0 Å². The minimum atomic E-state index is -0.00135. The molecule has 1 aliphatic rings. The zero-order chi connectivity index (χ0) is 13.0. The Labute approximate surface area is 106 Å². The summed E-state index contributed by atoms with van der Waals surface area (Å²) in [4.78, 5) is 18.0. The molecular weight excluding hydrogens is 230 g/mol. The predicted molar refractivity (Wildman–Crippen MR) is 67.8 cm³/mol. The van der Waals surface area contributed by atoms with E-state index in [-0.39, 0.29) is 11.8 Å². The number of hydrogen-bond donors (Lipinski definition) is 1. The average Bonchev–Trinajstić information content (AvgIpc) is 2.46. The van der Waals surface area contributed by atoms with E-state index >= 15 is 0 Å². The Balaban J connectivity index is 2.10. The molecule has 1 aromatic heterocycles. The smallest absolute Gasteiger partial charge is 0.255 e. The molecule has 1 atom stereocenters. The molecule has 0 radical (unpaired) electrons. The van der Waals surface area contributed by atoms with E-state index < -0.39 is 0 Å². The van der Waals surface area contributed by atoms with Crippen LogP contribution in [0.1, 0.15) is 30.1 Å². The standard InChI is InChI=1S/C13H17N3O2/c1-2-10-9-16(7-5-12(10)15-18)13(17)11-4-3-6-14-8-11/h3-4,6,8,10,18H,2,5,7,9H2,1H3/b15-12+. The molecule has 0 spiro atoms. The Kier molecular flexibility index (Phi) is 3.92. The molecule has 0 saturated carbocycles. The molecule has 1 aliphatic heterocycles. The number of rotatable bonds is 2. The Hall–Kier alpha value is -1.91. The monoisotopic (exact) mass is 247 g/mol. The summed E-state index contributed by atoms with van der Waals surface area (Å²) >= 11 is 0. The number of carbonyl (C=O) groups is 1. The Morgan fingerprint density at radius 3 is 3.11 bits per heavy atom. The molecule has 1 fully saturated rings. The first-order chi connectivity index (χ1) is 8.76. The van der Waals surface area contributed by atoms with Crippen LogP contribution in [0.15, 0.2) is 29.7 Å². The molecule has 5 heteroatoms. The number of hydrogen-bond acceptors (Lipinski definition) is 4. The van der Waals surface area contributed by atoms with Crippen molar-refractivity contribution in [1.29, 1.82) is 0 Å². The summed E-state index contributed by atoms with van der Waals surface area (Å²) in [5, 5.41) is 12.2. The van der Waals surface area contributed by atoms with Crippen molar-refractivity contribution in [2.75, 3.05) is 13.1 Å². The third-order valence-corrected chi connectivity index (χ3v) is 3.37. The fourth-order valence-corrected chi connectivity index (χ4v) is 2.27. The minimum absolute atomic E-state index is 0.00135. The number of piperidine rings is 1. The fraction of sp³-hybridized carbons (Fsp3) is 0.462. The first-order valence-electron chi connectivity index (χ1n) is 6.16. The van der Waals surface area contributed by atoms with E-state index in [1.54, 1.807) is 29.4 Å². The highest BCUT2D eigenvalue weighted by molar-refractivity contribution is 5.96. The Bertz CT molecular complexity index is 445. The van der Waals surface area contributed by atoms with Crippen molar-refractivity contribution in [3.63, 3.8) is 0 Å². The van der Waals surface area contributed by atoms with Crippen molar-refractivity contribution >= 4 is 11.6 Å². The molecule has 1 saturated heterocycles. The summed E-state index contributed by atoms with van der Waals surface area (Å²) in [5.74, 6) is 0.155. The van der Waals surface area contributed by atoms with Crippen LogP contribution in [0.25, 0.3) is 0 Å². The maximum absolute atomic E-state index is 12.2. The highest BCUT2D eigenvalue weighted by Gasteiger charge is 2.28. The van der Waals surface area contributed by atoms with Crippen LogP contribution in [-0.2, 0) is 0 Å². The number of amides is 1. The molecule has 2 heterocycles. The Morgan fingerprint density at radius 2 is 2.50 bits per heavy atom. The van der Waals surface area contributed by atoms with Gasteiger partial charge in [0.15, 0.2) is 0 Å². The van der Waals surface area contributed by atoms with Gasteiger partial charge < -0.3 is 10.1 Å². The lowest BCUT2D eigenvalue weighted by Gasteiger charge is -2.32. The number of aromatic nitrogens is 1. The van der Waals surface area contributed by atoms with Crippen molar-refractivity contribution < 1.29 is 10.0 Å². The lowest BCUT2D eigenvalue weighted by molar-refractivity contribution is 0.0728. The summed E-state index contributed by atoms with van der Waals surface area (Å²) in [5.41, 5.74) is 1.41. The van der Waals surface area contributed by atoms with E-state index in [2.05, 4.69) is 10.1 Å². The zero-order valence-electron chi connectivity index (χ0n) is 10.4. The molecule has 0 aromatic carbocycles. The maximum Gasteiger partial charge on any atom is 0.255 e. The zero-order valence-corrected chi connectivity index (χ0v) is 10.4. The van der Waals surface area contributed by atoms with Gasteiger partial charge in [-0.05, 0) is 18.6 Å². The van der Waals surface area contributed by atoms with Gasteiger partial charge in [-0.2, -0.15) is 0 Å². The second kappa shape index (κ2) is 5.62. The van der Waals surface area contributed by atoms with Crippen LogP contribution in [0.2, 0.25) is 0 Å². The summed E-state index contributed by atoms with van der Waals surface area (Å²) in [6.07, 6.45) is 4.74.